The molecule has 2 rings (SSSR count). The second kappa shape index (κ2) is 5.73. The van der Waals surface area contributed by atoms with Crippen LogP contribution in [0.15, 0.2) is 23.7 Å². The van der Waals surface area contributed by atoms with Crippen molar-refractivity contribution in [1.29, 1.82) is 0 Å². The van der Waals surface area contributed by atoms with Gasteiger partial charge in [-0.25, -0.2) is 4.39 Å². The summed E-state index contributed by atoms with van der Waals surface area (Å²) >= 11 is 6.08. The SMILES string of the molecule is CC1(C)OB(C(=Cc2cc(F)ccc2Cl)CN)OC1(C)C. The smallest absolute Gasteiger partial charge is 0.400 e. The van der Waals surface area contributed by atoms with E-state index < -0.39 is 18.3 Å². The maximum atomic E-state index is 13.3. The molecule has 1 aromatic carbocycles. The van der Waals surface area contributed by atoms with Gasteiger partial charge < -0.3 is 15.0 Å². The topological polar surface area (TPSA) is 44.5 Å². The zero-order valence-corrected chi connectivity index (χ0v) is 13.5. The Morgan fingerprint density at radius 1 is 1.29 bits per heavy atom. The van der Waals surface area contributed by atoms with Crippen molar-refractivity contribution in [1.82, 2.24) is 0 Å². The molecule has 6 heteroatoms. The lowest BCUT2D eigenvalue weighted by atomic mass is 9.77. The Hall–Kier alpha value is -0.875. The normalized spacial score (nSPS) is 20.9. The van der Waals surface area contributed by atoms with Gasteiger partial charge in [0.25, 0.3) is 0 Å². The van der Waals surface area contributed by atoms with E-state index in [1.165, 1.54) is 18.2 Å². The summed E-state index contributed by atoms with van der Waals surface area (Å²) in [5, 5.41) is 0.457. The van der Waals surface area contributed by atoms with Crippen LogP contribution in [-0.2, 0) is 9.31 Å². The fraction of sp³-hybridized carbons (Fsp3) is 0.467. The van der Waals surface area contributed by atoms with Crippen LogP contribution in [0.25, 0.3) is 6.08 Å². The molecule has 3 nitrogen and oxygen atoms in total. The summed E-state index contributed by atoms with van der Waals surface area (Å²) in [5.74, 6) is -0.351. The van der Waals surface area contributed by atoms with Crippen molar-refractivity contribution in [2.24, 2.45) is 5.73 Å². The summed E-state index contributed by atoms with van der Waals surface area (Å²) in [6, 6.07) is 4.20. The van der Waals surface area contributed by atoms with E-state index in [-0.39, 0.29) is 12.4 Å². The Morgan fingerprint density at radius 3 is 2.38 bits per heavy atom. The molecule has 0 spiro atoms. The molecule has 0 aromatic heterocycles. The molecule has 0 atom stereocenters. The first kappa shape index (κ1) is 16.5. The van der Waals surface area contributed by atoms with E-state index in [0.717, 1.165) is 5.47 Å². The second-order valence-corrected chi connectivity index (χ2v) is 6.58. The van der Waals surface area contributed by atoms with Crippen LogP contribution in [0.3, 0.4) is 0 Å². The van der Waals surface area contributed by atoms with E-state index in [1.807, 2.05) is 27.7 Å². The third kappa shape index (κ3) is 3.32. The van der Waals surface area contributed by atoms with Crippen LogP contribution in [0.2, 0.25) is 5.02 Å². The number of hydrogen-bond acceptors (Lipinski definition) is 3. The molecular weight excluding hydrogens is 291 g/mol. The third-order valence-corrected chi connectivity index (χ3v) is 4.43. The van der Waals surface area contributed by atoms with Gasteiger partial charge >= 0.3 is 7.12 Å². The molecule has 2 N–H and O–H groups in total. The van der Waals surface area contributed by atoms with Gasteiger partial charge in [0.05, 0.1) is 11.2 Å². The van der Waals surface area contributed by atoms with Crippen LogP contribution in [0.5, 0.6) is 0 Å². The highest BCUT2D eigenvalue weighted by Gasteiger charge is 2.52. The molecule has 1 aliphatic heterocycles. The first-order chi connectivity index (χ1) is 9.66. The van der Waals surface area contributed by atoms with Crippen molar-refractivity contribution < 1.29 is 13.7 Å². The first-order valence-electron chi connectivity index (χ1n) is 6.87. The fourth-order valence-corrected chi connectivity index (χ4v) is 2.21. The van der Waals surface area contributed by atoms with Crippen LogP contribution < -0.4 is 5.73 Å². The molecule has 0 radical (unpaired) electrons. The van der Waals surface area contributed by atoms with Crippen LogP contribution in [0.4, 0.5) is 4.39 Å². The molecular formula is C15H20BClFNO2. The van der Waals surface area contributed by atoms with Crippen molar-refractivity contribution in [3.8, 4) is 0 Å². The predicted octanol–water partition coefficient (Wildman–Crippen LogP) is 3.45. The van der Waals surface area contributed by atoms with E-state index in [4.69, 9.17) is 26.6 Å². The molecule has 0 unspecified atom stereocenters. The Bertz CT molecular complexity index is 559. The highest BCUT2D eigenvalue weighted by atomic mass is 35.5. The van der Waals surface area contributed by atoms with E-state index >= 15 is 0 Å². The summed E-state index contributed by atoms with van der Waals surface area (Å²) in [6.45, 7) is 8.11. The molecule has 114 valence electrons. The van der Waals surface area contributed by atoms with Gasteiger partial charge in [-0.1, -0.05) is 17.7 Å². The predicted molar refractivity (Wildman–Crippen MR) is 84.5 cm³/mol. The minimum absolute atomic E-state index is 0.240. The van der Waals surface area contributed by atoms with Gasteiger partial charge in [0.15, 0.2) is 0 Å². The molecule has 1 aromatic rings. The van der Waals surface area contributed by atoms with Gasteiger partial charge in [0, 0.05) is 11.6 Å². The van der Waals surface area contributed by atoms with Crippen LogP contribution >= 0.6 is 11.6 Å². The zero-order chi connectivity index (χ0) is 15.8. The quantitative estimate of drug-likeness (QED) is 0.870. The minimum Gasteiger partial charge on any atom is -0.400 e. The fourth-order valence-electron chi connectivity index (χ4n) is 2.04. The number of benzene rings is 1. The number of halogens is 2. The van der Waals surface area contributed by atoms with Crippen LogP contribution in [0, 0.1) is 5.82 Å². The molecule has 1 heterocycles. The van der Waals surface area contributed by atoms with E-state index in [1.54, 1.807) is 6.08 Å². The number of rotatable bonds is 3. The zero-order valence-electron chi connectivity index (χ0n) is 12.7. The second-order valence-electron chi connectivity index (χ2n) is 6.18. The Balaban J connectivity index is 2.33. The highest BCUT2D eigenvalue weighted by Crippen LogP contribution is 2.38. The Labute approximate surface area is 130 Å². The average Bonchev–Trinajstić information content (AvgIpc) is 2.59. The van der Waals surface area contributed by atoms with E-state index in [9.17, 15) is 4.39 Å². The Kier molecular flexibility index (Phi) is 4.50. The third-order valence-electron chi connectivity index (χ3n) is 4.09. The summed E-state index contributed by atoms with van der Waals surface area (Å²) in [4.78, 5) is 0. The van der Waals surface area contributed by atoms with E-state index in [2.05, 4.69) is 0 Å². The van der Waals surface area contributed by atoms with Gasteiger partial charge in [-0.3, -0.25) is 0 Å². The standard InChI is InChI=1S/C15H20BClFNO2/c1-14(2)15(3,4)21-16(20-14)11(9-19)7-10-8-12(18)5-6-13(10)17/h5-8H,9,19H2,1-4H3. The van der Waals surface area contributed by atoms with Gasteiger partial charge in [-0.05, 0) is 56.9 Å². The summed E-state index contributed by atoms with van der Waals surface area (Å²) in [5.41, 5.74) is 6.19. The van der Waals surface area contributed by atoms with Crippen molar-refractivity contribution in [2.45, 2.75) is 38.9 Å². The summed E-state index contributed by atoms with van der Waals surface area (Å²) < 4.78 is 25.2. The van der Waals surface area contributed by atoms with Gasteiger partial charge in [0.1, 0.15) is 5.82 Å². The molecule has 0 bridgehead atoms. The van der Waals surface area contributed by atoms with Crippen LogP contribution in [0.1, 0.15) is 33.3 Å². The summed E-state index contributed by atoms with van der Waals surface area (Å²) in [7, 11) is -0.556. The van der Waals surface area contributed by atoms with Crippen LogP contribution in [-0.4, -0.2) is 24.9 Å². The van der Waals surface area contributed by atoms with Gasteiger partial charge in [-0.15, -0.1) is 0 Å². The summed E-state index contributed by atoms with van der Waals surface area (Å²) in [6.07, 6.45) is 1.73. The first-order valence-corrected chi connectivity index (χ1v) is 7.25. The molecule has 1 fully saturated rings. The lowest BCUT2D eigenvalue weighted by molar-refractivity contribution is 0.00578. The largest absolute Gasteiger partial charge is 0.491 e. The minimum atomic E-state index is -0.556. The highest BCUT2D eigenvalue weighted by molar-refractivity contribution is 6.56. The molecule has 0 saturated carbocycles. The van der Waals surface area contributed by atoms with Crippen molar-refractivity contribution >= 4 is 24.8 Å². The van der Waals surface area contributed by atoms with Gasteiger partial charge in [-0.2, -0.15) is 0 Å². The van der Waals surface area contributed by atoms with Crippen molar-refractivity contribution in [2.75, 3.05) is 6.54 Å². The maximum Gasteiger partial charge on any atom is 0.491 e. The van der Waals surface area contributed by atoms with Gasteiger partial charge in [0.2, 0.25) is 0 Å². The van der Waals surface area contributed by atoms with E-state index in [0.29, 0.717) is 10.6 Å². The molecule has 0 amide bonds. The molecule has 21 heavy (non-hydrogen) atoms. The monoisotopic (exact) mass is 311 g/mol. The average molecular weight is 312 g/mol. The van der Waals surface area contributed by atoms with Crippen molar-refractivity contribution in [3.05, 3.63) is 40.1 Å². The molecule has 1 aliphatic rings. The lowest BCUT2D eigenvalue weighted by Gasteiger charge is -2.32. The Morgan fingerprint density at radius 2 is 1.86 bits per heavy atom. The lowest BCUT2D eigenvalue weighted by Crippen LogP contribution is -2.41. The molecule has 0 aliphatic carbocycles. The maximum absolute atomic E-state index is 13.3. The van der Waals surface area contributed by atoms with Crippen molar-refractivity contribution in [3.63, 3.8) is 0 Å². The molecule has 1 saturated heterocycles. The number of hydrogen-bond donors (Lipinski definition) is 1. The number of nitrogens with two attached hydrogens (primary N) is 1.